The Labute approximate surface area is 218 Å². The molecule has 1 fully saturated rings. The van der Waals surface area contributed by atoms with E-state index in [4.69, 9.17) is 11.6 Å². The first-order valence-electron chi connectivity index (χ1n) is 11.3. The number of nitrogens with one attached hydrogen (secondary N) is 2. The number of hydrogen-bond acceptors (Lipinski definition) is 7. The van der Waals surface area contributed by atoms with Crippen molar-refractivity contribution in [2.75, 3.05) is 48.0 Å². The highest BCUT2D eigenvalue weighted by Crippen LogP contribution is 2.21. The lowest BCUT2D eigenvalue weighted by atomic mass is 10.1. The zero-order valence-corrected chi connectivity index (χ0v) is 21.4. The zero-order valence-electron chi connectivity index (χ0n) is 19.8. The number of anilines is 3. The Bertz CT molecular complexity index is 1400. The molecule has 0 unspecified atom stereocenters. The Balaban J connectivity index is 1.45. The molecular weight excluding hydrogens is 523 g/mol. The number of amides is 2. The molecule has 1 saturated heterocycles. The topological polar surface area (TPSA) is 125 Å². The molecule has 13 heteroatoms. The van der Waals surface area contributed by atoms with Gasteiger partial charge in [0.2, 0.25) is 10.0 Å². The van der Waals surface area contributed by atoms with Gasteiger partial charge in [-0.25, -0.2) is 27.1 Å². The molecule has 1 aliphatic heterocycles. The number of sulfonamides is 1. The summed E-state index contributed by atoms with van der Waals surface area (Å²) in [5.74, 6) is -1.70. The molecule has 0 bridgehead atoms. The molecule has 37 heavy (non-hydrogen) atoms. The summed E-state index contributed by atoms with van der Waals surface area (Å²) in [4.78, 5) is 35.8. The van der Waals surface area contributed by atoms with Gasteiger partial charge in [0.15, 0.2) is 0 Å². The van der Waals surface area contributed by atoms with E-state index in [2.05, 4.69) is 20.6 Å². The fourth-order valence-electron chi connectivity index (χ4n) is 3.82. The SMILES string of the molecule is CS(=O)(=O)N1CCCN(c2ccc(C(=O)Nc3ccc(F)cc3C(=O)Nc3ccc(Cl)cn3)nc2)CC1. The van der Waals surface area contributed by atoms with Crippen LogP contribution in [0.3, 0.4) is 0 Å². The van der Waals surface area contributed by atoms with Crippen molar-refractivity contribution in [3.05, 3.63) is 77.0 Å². The Morgan fingerprint density at radius 2 is 1.76 bits per heavy atom. The van der Waals surface area contributed by atoms with Gasteiger partial charge < -0.3 is 15.5 Å². The number of pyridine rings is 2. The van der Waals surface area contributed by atoms with E-state index in [1.165, 1.54) is 41.2 Å². The lowest BCUT2D eigenvalue weighted by Crippen LogP contribution is -2.34. The molecule has 1 aliphatic rings. The van der Waals surface area contributed by atoms with Crippen molar-refractivity contribution >= 4 is 50.6 Å². The zero-order chi connectivity index (χ0) is 26.6. The number of hydrogen-bond donors (Lipinski definition) is 2. The molecule has 3 aromatic rings. The van der Waals surface area contributed by atoms with Crippen molar-refractivity contribution in [1.29, 1.82) is 0 Å². The maximum Gasteiger partial charge on any atom is 0.274 e. The summed E-state index contributed by atoms with van der Waals surface area (Å²) in [6.45, 7) is 1.96. The van der Waals surface area contributed by atoms with Crippen LogP contribution in [0.15, 0.2) is 54.9 Å². The fraction of sp³-hybridized carbons (Fsp3) is 0.250. The number of aromatic nitrogens is 2. The monoisotopic (exact) mass is 546 g/mol. The van der Waals surface area contributed by atoms with Crippen LogP contribution in [0.2, 0.25) is 5.02 Å². The van der Waals surface area contributed by atoms with Gasteiger partial charge in [-0.2, -0.15) is 0 Å². The second-order valence-electron chi connectivity index (χ2n) is 8.36. The molecule has 10 nitrogen and oxygen atoms in total. The first-order valence-corrected chi connectivity index (χ1v) is 13.5. The van der Waals surface area contributed by atoms with Crippen LogP contribution in [0.5, 0.6) is 0 Å². The van der Waals surface area contributed by atoms with E-state index in [0.717, 1.165) is 17.8 Å². The van der Waals surface area contributed by atoms with E-state index in [1.807, 2.05) is 4.90 Å². The number of halogens is 2. The van der Waals surface area contributed by atoms with E-state index in [-0.39, 0.29) is 22.8 Å². The summed E-state index contributed by atoms with van der Waals surface area (Å²) < 4.78 is 39.0. The van der Waals surface area contributed by atoms with E-state index < -0.39 is 27.7 Å². The highest BCUT2D eigenvalue weighted by atomic mass is 35.5. The largest absolute Gasteiger partial charge is 0.369 e. The first-order chi connectivity index (χ1) is 17.6. The Morgan fingerprint density at radius 3 is 2.43 bits per heavy atom. The van der Waals surface area contributed by atoms with E-state index in [9.17, 15) is 22.4 Å². The average Bonchev–Trinajstić information content (AvgIpc) is 3.13. The quantitative estimate of drug-likeness (QED) is 0.486. The van der Waals surface area contributed by atoms with Crippen LogP contribution in [-0.4, -0.2) is 66.9 Å². The van der Waals surface area contributed by atoms with Gasteiger partial charge in [-0.1, -0.05) is 11.6 Å². The Hall–Kier alpha value is -3.61. The summed E-state index contributed by atoms with van der Waals surface area (Å²) in [7, 11) is -3.26. The minimum atomic E-state index is -3.26. The third-order valence-corrected chi connectivity index (χ3v) is 7.24. The van der Waals surface area contributed by atoms with Gasteiger partial charge in [-0.3, -0.25) is 9.59 Å². The standard InChI is InChI=1S/C24H24ClFN6O4S/c1-37(35,36)32-10-2-9-31(11-12-32)18-5-7-21(27-15-18)24(34)29-20-6-4-17(26)13-19(20)23(33)30-22-8-3-16(25)14-28-22/h3-8,13-15H,2,9-12H2,1H3,(H,29,34)(H,28,30,33). The summed E-state index contributed by atoms with van der Waals surface area (Å²) in [5.41, 5.74) is 0.842. The maximum atomic E-state index is 13.9. The smallest absolute Gasteiger partial charge is 0.274 e. The normalized spacial score (nSPS) is 14.6. The van der Waals surface area contributed by atoms with Gasteiger partial charge in [0, 0.05) is 32.4 Å². The van der Waals surface area contributed by atoms with Gasteiger partial charge in [-0.15, -0.1) is 0 Å². The van der Waals surface area contributed by atoms with Crippen LogP contribution >= 0.6 is 11.6 Å². The van der Waals surface area contributed by atoms with Crippen molar-refractivity contribution < 1.29 is 22.4 Å². The Kier molecular flexibility index (Phi) is 8.00. The van der Waals surface area contributed by atoms with Crippen molar-refractivity contribution in [3.8, 4) is 0 Å². The molecule has 3 heterocycles. The van der Waals surface area contributed by atoms with Crippen LogP contribution in [0.1, 0.15) is 27.3 Å². The summed E-state index contributed by atoms with van der Waals surface area (Å²) in [6.07, 6.45) is 4.75. The first kappa shape index (κ1) is 26.5. The minimum Gasteiger partial charge on any atom is -0.369 e. The highest BCUT2D eigenvalue weighted by molar-refractivity contribution is 7.88. The summed E-state index contributed by atoms with van der Waals surface area (Å²) in [5, 5.41) is 5.53. The lowest BCUT2D eigenvalue weighted by Gasteiger charge is -2.22. The number of carbonyl (C=O) groups excluding carboxylic acids is 2. The van der Waals surface area contributed by atoms with Crippen molar-refractivity contribution in [1.82, 2.24) is 14.3 Å². The van der Waals surface area contributed by atoms with Gasteiger partial charge in [0.05, 0.1) is 34.4 Å². The molecule has 4 rings (SSSR count). The van der Waals surface area contributed by atoms with Crippen LogP contribution in [0.25, 0.3) is 0 Å². The molecule has 1 aromatic carbocycles. The van der Waals surface area contributed by atoms with Gasteiger partial charge in [0.25, 0.3) is 11.8 Å². The van der Waals surface area contributed by atoms with Crippen molar-refractivity contribution in [2.45, 2.75) is 6.42 Å². The molecule has 2 N–H and O–H groups in total. The predicted octanol–water partition coefficient (Wildman–Crippen LogP) is 3.25. The van der Waals surface area contributed by atoms with E-state index in [1.54, 1.807) is 12.1 Å². The van der Waals surface area contributed by atoms with Crippen LogP contribution in [-0.2, 0) is 10.0 Å². The Morgan fingerprint density at radius 1 is 0.946 bits per heavy atom. The number of rotatable bonds is 6. The molecule has 2 amide bonds. The van der Waals surface area contributed by atoms with Crippen LogP contribution < -0.4 is 15.5 Å². The molecular formula is C24H24ClFN6O4S. The summed E-state index contributed by atoms with van der Waals surface area (Å²) in [6, 6.07) is 9.72. The molecule has 194 valence electrons. The molecule has 0 aliphatic carbocycles. The van der Waals surface area contributed by atoms with Crippen LogP contribution in [0, 0.1) is 5.82 Å². The lowest BCUT2D eigenvalue weighted by molar-refractivity contribution is 0.102. The van der Waals surface area contributed by atoms with Gasteiger partial charge in [-0.05, 0) is 48.9 Å². The van der Waals surface area contributed by atoms with Crippen LogP contribution in [0.4, 0.5) is 21.6 Å². The summed E-state index contributed by atoms with van der Waals surface area (Å²) >= 11 is 5.81. The number of carbonyl (C=O) groups is 2. The fourth-order valence-corrected chi connectivity index (χ4v) is 4.81. The molecule has 0 atom stereocenters. The van der Waals surface area contributed by atoms with Crippen molar-refractivity contribution in [3.63, 3.8) is 0 Å². The third kappa shape index (κ3) is 6.79. The average molecular weight is 547 g/mol. The van der Waals surface area contributed by atoms with E-state index in [0.29, 0.717) is 37.6 Å². The van der Waals surface area contributed by atoms with Crippen molar-refractivity contribution in [2.24, 2.45) is 0 Å². The number of nitrogens with zero attached hydrogens (tertiary/aromatic N) is 4. The van der Waals surface area contributed by atoms with E-state index >= 15 is 0 Å². The third-order valence-electron chi connectivity index (χ3n) is 5.71. The minimum absolute atomic E-state index is 0.0892. The highest BCUT2D eigenvalue weighted by Gasteiger charge is 2.22. The molecule has 0 saturated carbocycles. The second kappa shape index (κ2) is 11.2. The van der Waals surface area contributed by atoms with Gasteiger partial charge >= 0.3 is 0 Å². The number of benzene rings is 1. The molecule has 2 aromatic heterocycles. The predicted molar refractivity (Wildman–Crippen MR) is 139 cm³/mol. The van der Waals surface area contributed by atoms with Gasteiger partial charge in [0.1, 0.15) is 17.3 Å². The molecule has 0 spiro atoms. The molecule has 0 radical (unpaired) electrons. The maximum absolute atomic E-state index is 13.9. The second-order valence-corrected chi connectivity index (χ2v) is 10.8.